The van der Waals surface area contributed by atoms with Gasteiger partial charge in [0, 0.05) is 23.0 Å². The molecule has 0 fully saturated rings. The van der Waals surface area contributed by atoms with E-state index in [1.165, 1.54) is 14.2 Å². The fourth-order valence-electron chi connectivity index (χ4n) is 3.83. The number of ether oxygens (including phenoxy) is 2. The number of carbonyl (C=O) groups excluding carboxylic acids is 3. The van der Waals surface area contributed by atoms with Gasteiger partial charge in [-0.1, -0.05) is 35.4 Å². The van der Waals surface area contributed by atoms with E-state index in [4.69, 9.17) is 21.1 Å². The molecule has 2 N–H and O–H groups in total. The molecule has 3 aromatic carbocycles. The molecule has 0 spiro atoms. The molecule has 3 aromatic rings. The number of benzene rings is 3. The van der Waals surface area contributed by atoms with Crippen LogP contribution in [-0.4, -0.2) is 31.9 Å². The number of halogens is 1. The van der Waals surface area contributed by atoms with Gasteiger partial charge in [0.1, 0.15) is 22.2 Å². The second-order valence-corrected chi connectivity index (χ2v) is 8.53. The van der Waals surface area contributed by atoms with E-state index in [2.05, 4.69) is 10.6 Å². The Labute approximate surface area is 213 Å². The topological polar surface area (TPSA) is 97.0 Å². The third kappa shape index (κ3) is 4.76. The Kier molecular flexibility index (Phi) is 6.98. The van der Waals surface area contributed by atoms with Gasteiger partial charge in [0.15, 0.2) is 0 Å². The molecule has 184 valence electrons. The molecule has 1 aliphatic heterocycles. The van der Waals surface area contributed by atoms with Gasteiger partial charge in [-0.15, -0.1) is 0 Å². The van der Waals surface area contributed by atoms with Gasteiger partial charge in [-0.3, -0.25) is 14.4 Å². The van der Waals surface area contributed by atoms with E-state index in [0.29, 0.717) is 22.7 Å². The van der Waals surface area contributed by atoms with Gasteiger partial charge >= 0.3 is 0 Å². The van der Waals surface area contributed by atoms with Crippen molar-refractivity contribution in [1.82, 2.24) is 0 Å². The van der Waals surface area contributed by atoms with E-state index >= 15 is 0 Å². The van der Waals surface area contributed by atoms with E-state index in [9.17, 15) is 14.4 Å². The first kappa shape index (κ1) is 24.8. The highest BCUT2D eigenvalue weighted by molar-refractivity contribution is 6.53. The molecule has 1 aliphatic rings. The van der Waals surface area contributed by atoms with E-state index in [-0.39, 0.29) is 28.1 Å². The van der Waals surface area contributed by atoms with Crippen molar-refractivity contribution in [1.29, 1.82) is 0 Å². The number of rotatable bonds is 7. The monoisotopic (exact) mass is 505 g/mol. The zero-order chi connectivity index (χ0) is 26.0. The van der Waals surface area contributed by atoms with Crippen LogP contribution >= 0.6 is 11.6 Å². The molecule has 9 heteroatoms. The average Bonchev–Trinajstić information content (AvgIpc) is 3.08. The summed E-state index contributed by atoms with van der Waals surface area (Å²) in [5, 5.41) is 5.52. The summed E-state index contributed by atoms with van der Waals surface area (Å²) in [7, 11) is 2.92. The first-order chi connectivity index (χ1) is 17.2. The molecule has 1 heterocycles. The maximum atomic E-state index is 13.2. The van der Waals surface area contributed by atoms with Gasteiger partial charge in [-0.2, -0.15) is 0 Å². The summed E-state index contributed by atoms with van der Waals surface area (Å²) in [4.78, 5) is 39.9. The summed E-state index contributed by atoms with van der Waals surface area (Å²) in [5.41, 5.74) is 3.65. The normalized spacial score (nSPS) is 13.2. The highest BCUT2D eigenvalue weighted by atomic mass is 35.5. The molecule has 0 aromatic heterocycles. The molecule has 0 saturated heterocycles. The van der Waals surface area contributed by atoms with Crippen molar-refractivity contribution >= 4 is 46.4 Å². The first-order valence-corrected chi connectivity index (χ1v) is 11.4. The predicted molar refractivity (Wildman–Crippen MR) is 139 cm³/mol. The highest BCUT2D eigenvalue weighted by Crippen LogP contribution is 2.37. The van der Waals surface area contributed by atoms with Gasteiger partial charge < -0.3 is 20.1 Å². The summed E-state index contributed by atoms with van der Waals surface area (Å²) < 4.78 is 10.5. The minimum Gasteiger partial charge on any atom is -0.497 e. The van der Waals surface area contributed by atoms with Crippen LogP contribution in [0, 0.1) is 13.8 Å². The van der Waals surface area contributed by atoms with Crippen LogP contribution in [0.3, 0.4) is 0 Å². The zero-order valence-electron chi connectivity index (χ0n) is 20.1. The first-order valence-electron chi connectivity index (χ1n) is 11.0. The van der Waals surface area contributed by atoms with Gasteiger partial charge in [-0.05, 0) is 55.8 Å². The van der Waals surface area contributed by atoms with Crippen molar-refractivity contribution in [2.75, 3.05) is 29.8 Å². The maximum absolute atomic E-state index is 13.2. The summed E-state index contributed by atoms with van der Waals surface area (Å²) in [6.07, 6.45) is 0. The lowest BCUT2D eigenvalue weighted by Gasteiger charge is -2.18. The Bertz CT molecular complexity index is 1420. The molecule has 4 rings (SSSR count). The van der Waals surface area contributed by atoms with Gasteiger partial charge in [0.05, 0.1) is 19.9 Å². The Morgan fingerprint density at radius 1 is 0.917 bits per heavy atom. The summed E-state index contributed by atoms with van der Waals surface area (Å²) in [5.74, 6) is -0.895. The number of nitrogens with one attached hydrogen (secondary N) is 2. The smallest absolute Gasteiger partial charge is 0.283 e. The number of hydrogen-bond donors (Lipinski definition) is 2. The van der Waals surface area contributed by atoms with Crippen molar-refractivity contribution in [3.63, 3.8) is 0 Å². The van der Waals surface area contributed by atoms with E-state index in [0.717, 1.165) is 16.0 Å². The minimum atomic E-state index is -0.698. The Morgan fingerprint density at radius 3 is 2.39 bits per heavy atom. The number of hydrogen-bond acceptors (Lipinski definition) is 6. The quantitative estimate of drug-likeness (QED) is 0.438. The van der Waals surface area contributed by atoms with Crippen LogP contribution in [0.2, 0.25) is 0 Å². The molecular formula is C27H24ClN3O5. The minimum absolute atomic E-state index is 0.105. The number of aryl methyl sites for hydroxylation is 2. The van der Waals surface area contributed by atoms with Crippen molar-refractivity contribution in [2.24, 2.45) is 0 Å². The van der Waals surface area contributed by atoms with Crippen LogP contribution in [0.25, 0.3) is 0 Å². The van der Waals surface area contributed by atoms with E-state index in [1.807, 2.05) is 32.0 Å². The average molecular weight is 506 g/mol. The molecule has 3 amide bonds. The molecule has 36 heavy (non-hydrogen) atoms. The SMILES string of the molecule is COc1ccc(N2C(=O)C(Cl)=C(Nc3cccc(C(=O)Nc4ccc(C)cc4C)c3)C2=O)c(OC)c1. The van der Waals surface area contributed by atoms with Crippen LogP contribution in [-0.2, 0) is 9.59 Å². The predicted octanol–water partition coefficient (Wildman–Crippen LogP) is 5.01. The van der Waals surface area contributed by atoms with Crippen LogP contribution in [0.5, 0.6) is 11.5 Å². The number of anilines is 3. The largest absolute Gasteiger partial charge is 0.497 e. The Hall–Kier alpha value is -4.30. The maximum Gasteiger partial charge on any atom is 0.283 e. The summed E-state index contributed by atoms with van der Waals surface area (Å²) >= 11 is 6.27. The molecule has 0 saturated carbocycles. The number of amides is 3. The van der Waals surface area contributed by atoms with Crippen LogP contribution < -0.4 is 25.0 Å². The third-order valence-corrected chi connectivity index (χ3v) is 6.03. The molecule has 0 unspecified atom stereocenters. The molecule has 0 bridgehead atoms. The molecular weight excluding hydrogens is 482 g/mol. The number of imide groups is 1. The number of methoxy groups -OCH3 is 2. The summed E-state index contributed by atoms with van der Waals surface area (Å²) in [6, 6.07) is 17.0. The van der Waals surface area contributed by atoms with Crippen molar-refractivity contribution in [2.45, 2.75) is 13.8 Å². The molecule has 0 atom stereocenters. The molecule has 8 nitrogen and oxygen atoms in total. The molecule has 0 radical (unpaired) electrons. The van der Waals surface area contributed by atoms with Crippen LogP contribution in [0.4, 0.5) is 17.1 Å². The van der Waals surface area contributed by atoms with Gasteiger partial charge in [0.2, 0.25) is 0 Å². The number of nitrogens with zero attached hydrogens (tertiary/aromatic N) is 1. The Morgan fingerprint density at radius 2 is 1.69 bits per heavy atom. The summed E-state index contributed by atoms with van der Waals surface area (Å²) in [6.45, 7) is 3.90. The third-order valence-electron chi connectivity index (χ3n) is 5.68. The van der Waals surface area contributed by atoms with E-state index in [1.54, 1.807) is 42.5 Å². The lowest BCUT2D eigenvalue weighted by atomic mass is 10.1. The fourth-order valence-corrected chi connectivity index (χ4v) is 4.04. The standard InChI is InChI=1S/C27H24ClN3O5/c1-15-8-10-20(16(2)12-15)30-25(32)17-6-5-7-18(13-17)29-24-23(28)26(33)31(27(24)34)21-11-9-19(35-3)14-22(21)36-4/h5-14,29H,1-4H3,(H,30,32). The van der Waals surface area contributed by atoms with Gasteiger partial charge in [0.25, 0.3) is 17.7 Å². The fraction of sp³-hybridized carbons (Fsp3) is 0.148. The van der Waals surface area contributed by atoms with Crippen LogP contribution in [0.15, 0.2) is 71.4 Å². The van der Waals surface area contributed by atoms with Gasteiger partial charge in [-0.25, -0.2) is 4.90 Å². The van der Waals surface area contributed by atoms with E-state index < -0.39 is 11.8 Å². The van der Waals surface area contributed by atoms with Crippen molar-refractivity contribution < 1.29 is 23.9 Å². The highest BCUT2D eigenvalue weighted by Gasteiger charge is 2.40. The molecule has 0 aliphatic carbocycles. The lowest BCUT2D eigenvalue weighted by molar-refractivity contribution is -0.120. The van der Waals surface area contributed by atoms with Crippen molar-refractivity contribution in [3.8, 4) is 11.5 Å². The second kappa shape index (κ2) is 10.1. The zero-order valence-corrected chi connectivity index (χ0v) is 20.9. The number of carbonyl (C=O) groups is 3. The van der Waals surface area contributed by atoms with Crippen molar-refractivity contribution in [3.05, 3.63) is 88.1 Å². The lowest BCUT2D eigenvalue weighted by Crippen LogP contribution is -2.32. The second-order valence-electron chi connectivity index (χ2n) is 8.15. The van der Waals surface area contributed by atoms with Crippen LogP contribution in [0.1, 0.15) is 21.5 Å². The Balaban J connectivity index is 1.56.